The highest BCUT2D eigenvalue weighted by atomic mass is 35.5. The summed E-state index contributed by atoms with van der Waals surface area (Å²) in [5, 5.41) is 7.11. The van der Waals surface area contributed by atoms with Crippen molar-refractivity contribution in [2.45, 2.75) is 5.88 Å². The predicted molar refractivity (Wildman–Crippen MR) is 44.8 cm³/mol. The third-order valence-electron chi connectivity index (χ3n) is 1.69. The van der Waals surface area contributed by atoms with E-state index in [9.17, 15) is 4.79 Å². The summed E-state index contributed by atoms with van der Waals surface area (Å²) in [7, 11) is 0. The first-order valence-corrected chi connectivity index (χ1v) is 3.99. The van der Waals surface area contributed by atoms with Gasteiger partial charge in [-0.25, -0.2) is 0 Å². The molecule has 4 heteroatoms. The molecule has 0 bridgehead atoms. The van der Waals surface area contributed by atoms with Gasteiger partial charge in [-0.1, -0.05) is 6.07 Å². The van der Waals surface area contributed by atoms with Gasteiger partial charge < -0.3 is 0 Å². The average Bonchev–Trinajstić information content (AvgIpc) is 2.47. The minimum atomic E-state index is -0.281. The van der Waals surface area contributed by atoms with E-state index in [0.29, 0.717) is 17.1 Å². The Kier molecular flexibility index (Phi) is 1.66. The van der Waals surface area contributed by atoms with Crippen LogP contribution in [-0.4, -0.2) is 5.91 Å². The van der Waals surface area contributed by atoms with Gasteiger partial charge in [-0.3, -0.25) is 4.79 Å². The molecule has 0 atom stereocenters. The topological polar surface area (TPSA) is 41.8 Å². The third kappa shape index (κ3) is 1.02. The lowest BCUT2D eigenvalue weighted by atomic mass is 10.1. The Hall–Kier alpha value is -1.22. The molecule has 0 aliphatic carbocycles. The number of alkyl halides is 1. The van der Waals surface area contributed by atoms with Gasteiger partial charge in [0, 0.05) is 5.88 Å². The molecule has 1 amide bonds. The Bertz CT molecular complexity index is 373. The van der Waals surface area contributed by atoms with Crippen LogP contribution in [0.25, 0.3) is 0 Å². The zero-order chi connectivity index (χ0) is 8.55. The monoisotopic (exact) mass is 180 g/mol. The number of carbonyl (C=O) groups is 1. The van der Waals surface area contributed by atoms with E-state index in [2.05, 4.69) is 10.2 Å². The van der Waals surface area contributed by atoms with Crippen LogP contribution in [0.3, 0.4) is 0 Å². The van der Waals surface area contributed by atoms with Gasteiger partial charge in [0.25, 0.3) is 5.91 Å². The summed E-state index contributed by atoms with van der Waals surface area (Å²) in [6.07, 6.45) is 0. The number of nitrogens with zero attached hydrogens (tertiary/aromatic N) is 2. The average molecular weight is 181 g/mol. The summed E-state index contributed by atoms with van der Waals surface area (Å²) in [6, 6.07) is 5.32. The molecule has 0 fully saturated rings. The zero-order valence-corrected chi connectivity index (χ0v) is 6.88. The first kappa shape index (κ1) is 7.43. The fraction of sp³-hybridized carbons (Fsp3) is 0.125. The summed E-state index contributed by atoms with van der Waals surface area (Å²) >= 11 is 5.60. The first-order chi connectivity index (χ1) is 5.81. The van der Waals surface area contributed by atoms with E-state index in [-0.39, 0.29) is 5.91 Å². The van der Waals surface area contributed by atoms with Gasteiger partial charge >= 0.3 is 0 Å². The molecule has 3 nitrogen and oxygen atoms in total. The van der Waals surface area contributed by atoms with E-state index in [4.69, 9.17) is 11.6 Å². The molecule has 0 N–H and O–H groups in total. The number of hydrogen-bond donors (Lipinski definition) is 0. The van der Waals surface area contributed by atoms with Crippen LogP contribution in [0, 0.1) is 0 Å². The highest BCUT2D eigenvalue weighted by Crippen LogP contribution is 2.27. The number of halogens is 1. The Labute approximate surface area is 74.1 Å². The van der Waals surface area contributed by atoms with E-state index in [0.717, 1.165) is 5.56 Å². The number of rotatable bonds is 1. The molecule has 1 aliphatic rings. The van der Waals surface area contributed by atoms with Gasteiger partial charge in [0.2, 0.25) is 0 Å². The van der Waals surface area contributed by atoms with Gasteiger partial charge in [-0.05, 0) is 17.7 Å². The summed E-state index contributed by atoms with van der Waals surface area (Å²) in [5.74, 6) is 0.123. The van der Waals surface area contributed by atoms with Crippen LogP contribution in [0.1, 0.15) is 15.9 Å². The van der Waals surface area contributed by atoms with Crippen LogP contribution in [0.4, 0.5) is 5.69 Å². The molecular formula is C8H5ClN2O. The lowest BCUT2D eigenvalue weighted by molar-refractivity contribution is 0.100. The highest BCUT2D eigenvalue weighted by molar-refractivity contribution is 6.17. The lowest BCUT2D eigenvalue weighted by Gasteiger charge is -1.96. The van der Waals surface area contributed by atoms with Crippen LogP contribution in [-0.2, 0) is 5.88 Å². The van der Waals surface area contributed by atoms with Crippen molar-refractivity contribution < 1.29 is 4.79 Å². The number of azo groups is 1. The standard InChI is InChI=1S/C8H5ClN2O/c9-4-5-1-2-7-6(3-5)8(12)11-10-7/h1-3H,4H2. The molecule has 0 saturated carbocycles. The van der Waals surface area contributed by atoms with Crippen molar-refractivity contribution in [3.8, 4) is 0 Å². The number of hydrogen-bond acceptors (Lipinski definition) is 2. The van der Waals surface area contributed by atoms with Crippen LogP contribution in [0.5, 0.6) is 0 Å². The molecule has 1 aromatic carbocycles. The molecule has 0 spiro atoms. The number of amides is 1. The zero-order valence-electron chi connectivity index (χ0n) is 6.12. The highest BCUT2D eigenvalue weighted by Gasteiger charge is 2.16. The Balaban J connectivity index is 2.55. The van der Waals surface area contributed by atoms with Gasteiger partial charge in [-0.2, -0.15) is 0 Å². The second kappa shape index (κ2) is 2.68. The van der Waals surface area contributed by atoms with E-state index in [1.165, 1.54) is 0 Å². The summed E-state index contributed by atoms with van der Waals surface area (Å²) in [4.78, 5) is 11.0. The first-order valence-electron chi connectivity index (χ1n) is 3.46. The van der Waals surface area contributed by atoms with Crippen LogP contribution in [0.2, 0.25) is 0 Å². The van der Waals surface area contributed by atoms with Gasteiger partial charge in [0.15, 0.2) is 0 Å². The van der Waals surface area contributed by atoms with Crippen molar-refractivity contribution in [1.82, 2.24) is 0 Å². The second-order valence-corrected chi connectivity index (χ2v) is 2.76. The Morgan fingerprint density at radius 1 is 1.33 bits per heavy atom. The summed E-state index contributed by atoms with van der Waals surface area (Å²) < 4.78 is 0. The molecule has 1 heterocycles. The van der Waals surface area contributed by atoms with Crippen LogP contribution >= 0.6 is 11.6 Å². The maximum Gasteiger partial charge on any atom is 0.297 e. The molecule has 1 aliphatic heterocycles. The van der Waals surface area contributed by atoms with Crippen molar-refractivity contribution in [2.24, 2.45) is 10.2 Å². The van der Waals surface area contributed by atoms with Gasteiger partial charge in [-0.15, -0.1) is 21.8 Å². The fourth-order valence-corrected chi connectivity index (χ4v) is 1.24. The van der Waals surface area contributed by atoms with Crippen molar-refractivity contribution in [2.75, 3.05) is 0 Å². The largest absolute Gasteiger partial charge is 0.297 e. The second-order valence-electron chi connectivity index (χ2n) is 2.49. The minimum Gasteiger partial charge on any atom is -0.265 e. The van der Waals surface area contributed by atoms with E-state index in [1.807, 2.05) is 6.07 Å². The SMILES string of the molecule is O=C1N=Nc2ccc(CCl)cc21. The van der Waals surface area contributed by atoms with Crippen LogP contribution < -0.4 is 0 Å². The Morgan fingerprint density at radius 3 is 2.92 bits per heavy atom. The van der Waals surface area contributed by atoms with Crippen molar-refractivity contribution in [3.05, 3.63) is 29.3 Å². The molecule has 0 radical (unpaired) electrons. The molecule has 0 unspecified atom stereocenters. The molecule has 0 saturated heterocycles. The van der Waals surface area contributed by atoms with Gasteiger partial charge in [0.1, 0.15) is 0 Å². The van der Waals surface area contributed by atoms with E-state index in [1.54, 1.807) is 12.1 Å². The normalized spacial score (nSPS) is 13.6. The number of benzene rings is 1. The minimum absolute atomic E-state index is 0.281. The molecule has 1 aromatic rings. The summed E-state index contributed by atoms with van der Waals surface area (Å²) in [5.41, 5.74) is 2.10. The molecule has 0 aromatic heterocycles. The van der Waals surface area contributed by atoms with Crippen molar-refractivity contribution in [1.29, 1.82) is 0 Å². The molecule has 60 valence electrons. The smallest absolute Gasteiger partial charge is 0.265 e. The van der Waals surface area contributed by atoms with Crippen molar-refractivity contribution in [3.63, 3.8) is 0 Å². The lowest BCUT2D eigenvalue weighted by Crippen LogP contribution is -1.90. The van der Waals surface area contributed by atoms with E-state index >= 15 is 0 Å². The fourth-order valence-electron chi connectivity index (χ4n) is 1.08. The predicted octanol–water partition coefficient (Wildman–Crippen LogP) is 2.66. The number of fused-ring (bicyclic) bond motifs is 1. The van der Waals surface area contributed by atoms with Crippen molar-refractivity contribution >= 4 is 23.2 Å². The van der Waals surface area contributed by atoms with E-state index < -0.39 is 0 Å². The quantitative estimate of drug-likeness (QED) is 0.613. The molecule has 12 heavy (non-hydrogen) atoms. The molecular weight excluding hydrogens is 176 g/mol. The maximum absolute atomic E-state index is 11.0. The third-order valence-corrected chi connectivity index (χ3v) is 2.00. The number of carbonyl (C=O) groups excluding carboxylic acids is 1. The Morgan fingerprint density at radius 2 is 2.17 bits per heavy atom. The summed E-state index contributed by atoms with van der Waals surface area (Å²) in [6.45, 7) is 0. The maximum atomic E-state index is 11.0. The van der Waals surface area contributed by atoms with Gasteiger partial charge in [0.05, 0.1) is 11.3 Å². The molecule has 2 rings (SSSR count). The van der Waals surface area contributed by atoms with Crippen LogP contribution in [0.15, 0.2) is 28.4 Å².